The molecule has 0 saturated carbocycles. The standard InChI is InChI=1S/C17H25N3O3.H2/c1-2-22-11-12-23-10-9-19-8-7-14(13-19)20-16-6-4-3-5-15(16)18-17(20)21;/h3-6,14H,2,7-13H2,1H3,(H,18,21);1H. The summed E-state index contributed by atoms with van der Waals surface area (Å²) < 4.78 is 12.7. The minimum atomic E-state index is -0.00832. The fourth-order valence-corrected chi connectivity index (χ4v) is 3.22. The molecule has 0 spiro atoms. The van der Waals surface area contributed by atoms with Gasteiger partial charge in [-0.2, -0.15) is 0 Å². The molecule has 1 aromatic heterocycles. The largest absolute Gasteiger partial charge is 0.379 e. The molecule has 1 aliphatic rings. The number of aromatic nitrogens is 2. The summed E-state index contributed by atoms with van der Waals surface area (Å²) in [6, 6.07) is 8.12. The van der Waals surface area contributed by atoms with E-state index in [4.69, 9.17) is 9.47 Å². The molecular formula is C17H27N3O3. The van der Waals surface area contributed by atoms with E-state index in [9.17, 15) is 4.79 Å². The summed E-state index contributed by atoms with van der Waals surface area (Å²) in [5.74, 6) is 0. The van der Waals surface area contributed by atoms with Crippen LogP contribution in [0.2, 0.25) is 0 Å². The molecule has 128 valence electrons. The van der Waals surface area contributed by atoms with Gasteiger partial charge in [0, 0.05) is 27.7 Å². The molecule has 0 amide bonds. The summed E-state index contributed by atoms with van der Waals surface area (Å²) in [5.41, 5.74) is 1.90. The van der Waals surface area contributed by atoms with Crippen molar-refractivity contribution in [2.75, 3.05) is 46.1 Å². The average molecular weight is 321 g/mol. The third-order valence-corrected chi connectivity index (χ3v) is 4.36. The molecule has 23 heavy (non-hydrogen) atoms. The van der Waals surface area contributed by atoms with Gasteiger partial charge in [-0.05, 0) is 25.5 Å². The van der Waals surface area contributed by atoms with Crippen molar-refractivity contribution in [1.82, 2.24) is 14.5 Å². The van der Waals surface area contributed by atoms with Crippen LogP contribution in [0, 0.1) is 0 Å². The third kappa shape index (κ3) is 3.83. The second-order valence-corrected chi connectivity index (χ2v) is 5.87. The van der Waals surface area contributed by atoms with E-state index < -0.39 is 0 Å². The van der Waals surface area contributed by atoms with Crippen molar-refractivity contribution in [2.24, 2.45) is 0 Å². The van der Waals surface area contributed by atoms with Crippen molar-refractivity contribution < 1.29 is 10.9 Å². The lowest BCUT2D eigenvalue weighted by atomic mass is 10.2. The first-order valence-corrected chi connectivity index (χ1v) is 8.36. The number of imidazole rings is 1. The van der Waals surface area contributed by atoms with Crippen LogP contribution < -0.4 is 5.69 Å². The molecule has 6 nitrogen and oxygen atoms in total. The van der Waals surface area contributed by atoms with E-state index in [2.05, 4.69) is 9.88 Å². The number of hydrogen-bond donors (Lipinski definition) is 1. The summed E-state index contributed by atoms with van der Waals surface area (Å²) in [6.07, 6.45) is 1.00. The van der Waals surface area contributed by atoms with Crippen LogP contribution in [-0.2, 0) is 9.47 Å². The molecule has 1 aliphatic heterocycles. The highest BCUT2D eigenvalue weighted by Crippen LogP contribution is 2.23. The van der Waals surface area contributed by atoms with Crippen molar-refractivity contribution in [1.29, 1.82) is 0 Å². The van der Waals surface area contributed by atoms with Crippen molar-refractivity contribution in [2.45, 2.75) is 19.4 Å². The topological polar surface area (TPSA) is 59.5 Å². The van der Waals surface area contributed by atoms with E-state index in [1.165, 1.54) is 0 Å². The van der Waals surface area contributed by atoms with Gasteiger partial charge in [0.2, 0.25) is 0 Å². The number of hydrogen-bond acceptors (Lipinski definition) is 4. The lowest BCUT2D eigenvalue weighted by Gasteiger charge is -2.16. The third-order valence-electron chi connectivity index (χ3n) is 4.36. The van der Waals surface area contributed by atoms with Crippen LogP contribution in [0.3, 0.4) is 0 Å². The van der Waals surface area contributed by atoms with Crippen LogP contribution in [0.1, 0.15) is 20.8 Å². The Balaban J connectivity index is 0.00000208. The Morgan fingerprint density at radius 1 is 1.26 bits per heavy atom. The van der Waals surface area contributed by atoms with E-state index in [1.54, 1.807) is 0 Å². The maximum Gasteiger partial charge on any atom is 0.326 e. The number of nitrogens with one attached hydrogen (secondary N) is 1. The number of nitrogens with zero attached hydrogens (tertiary/aromatic N) is 2. The molecule has 1 fully saturated rings. The van der Waals surface area contributed by atoms with Crippen molar-refractivity contribution in [3.63, 3.8) is 0 Å². The highest BCUT2D eigenvalue weighted by atomic mass is 16.5. The first kappa shape index (κ1) is 16.2. The lowest BCUT2D eigenvalue weighted by Crippen LogP contribution is -2.28. The van der Waals surface area contributed by atoms with Crippen LogP contribution in [-0.4, -0.2) is 60.5 Å². The van der Waals surface area contributed by atoms with Gasteiger partial charge in [0.1, 0.15) is 0 Å². The van der Waals surface area contributed by atoms with Gasteiger partial charge in [-0.1, -0.05) is 12.1 Å². The predicted molar refractivity (Wildman–Crippen MR) is 92.1 cm³/mol. The minimum absolute atomic E-state index is 0. The Kier molecular flexibility index (Phi) is 5.48. The normalized spacial score (nSPS) is 18.9. The summed E-state index contributed by atoms with van der Waals surface area (Å²) in [6.45, 7) is 7.54. The second kappa shape index (κ2) is 7.77. The smallest absolute Gasteiger partial charge is 0.326 e. The fraction of sp³-hybridized carbons (Fsp3) is 0.588. The number of rotatable bonds is 8. The van der Waals surface area contributed by atoms with Gasteiger partial charge in [-0.15, -0.1) is 0 Å². The monoisotopic (exact) mass is 321 g/mol. The number of fused-ring (bicyclic) bond motifs is 1. The first-order chi connectivity index (χ1) is 11.3. The Hall–Kier alpha value is -1.63. The molecule has 0 aliphatic carbocycles. The Morgan fingerprint density at radius 2 is 2.09 bits per heavy atom. The van der Waals surface area contributed by atoms with Crippen LogP contribution in [0.15, 0.2) is 29.1 Å². The first-order valence-electron chi connectivity index (χ1n) is 8.36. The summed E-state index contributed by atoms with van der Waals surface area (Å²) >= 11 is 0. The molecule has 0 bridgehead atoms. The Bertz CT molecular complexity index is 685. The van der Waals surface area contributed by atoms with Crippen molar-refractivity contribution >= 4 is 11.0 Å². The number of likely N-dealkylation sites (tertiary alicyclic amines) is 1. The van der Waals surface area contributed by atoms with Gasteiger partial charge < -0.3 is 14.5 Å². The van der Waals surface area contributed by atoms with Crippen molar-refractivity contribution in [3.8, 4) is 0 Å². The van der Waals surface area contributed by atoms with Crippen LogP contribution >= 0.6 is 0 Å². The molecule has 3 rings (SSSR count). The van der Waals surface area contributed by atoms with E-state index in [0.29, 0.717) is 19.8 Å². The zero-order valence-electron chi connectivity index (χ0n) is 13.7. The molecular weight excluding hydrogens is 294 g/mol. The van der Waals surface area contributed by atoms with Gasteiger partial charge >= 0.3 is 5.69 Å². The van der Waals surface area contributed by atoms with E-state index in [-0.39, 0.29) is 13.2 Å². The fourth-order valence-electron chi connectivity index (χ4n) is 3.22. The second-order valence-electron chi connectivity index (χ2n) is 5.87. The zero-order valence-corrected chi connectivity index (χ0v) is 13.7. The van der Waals surface area contributed by atoms with Crippen LogP contribution in [0.25, 0.3) is 11.0 Å². The Morgan fingerprint density at radius 3 is 2.96 bits per heavy atom. The predicted octanol–water partition coefficient (Wildman–Crippen LogP) is 1.88. The molecule has 0 radical (unpaired) electrons. The highest BCUT2D eigenvalue weighted by Gasteiger charge is 2.26. The van der Waals surface area contributed by atoms with E-state index in [0.717, 1.165) is 43.7 Å². The number of benzene rings is 1. The highest BCUT2D eigenvalue weighted by molar-refractivity contribution is 5.75. The quantitative estimate of drug-likeness (QED) is 0.754. The van der Waals surface area contributed by atoms with Crippen LogP contribution in [0.4, 0.5) is 0 Å². The van der Waals surface area contributed by atoms with Crippen molar-refractivity contribution in [3.05, 3.63) is 34.7 Å². The molecule has 1 atom stereocenters. The SMILES string of the molecule is CCOCCOCCN1CCC(n2c(=O)[nH]c3ccccc32)C1.[HH]. The maximum absolute atomic E-state index is 12.2. The number of aromatic amines is 1. The lowest BCUT2D eigenvalue weighted by molar-refractivity contribution is 0.0449. The molecule has 1 saturated heterocycles. The number of para-hydroxylation sites is 2. The van der Waals surface area contributed by atoms with Gasteiger partial charge in [-0.3, -0.25) is 9.47 Å². The van der Waals surface area contributed by atoms with Gasteiger partial charge in [0.25, 0.3) is 0 Å². The van der Waals surface area contributed by atoms with E-state index >= 15 is 0 Å². The molecule has 6 heteroatoms. The molecule has 1 N–H and O–H groups in total. The number of H-pyrrole nitrogens is 1. The Labute approximate surface area is 137 Å². The number of ether oxygens (including phenoxy) is 2. The summed E-state index contributed by atoms with van der Waals surface area (Å²) in [5, 5.41) is 0. The van der Waals surface area contributed by atoms with Gasteiger partial charge in [0.05, 0.1) is 36.9 Å². The summed E-state index contributed by atoms with van der Waals surface area (Å²) in [4.78, 5) is 17.5. The average Bonchev–Trinajstić information content (AvgIpc) is 3.13. The molecule has 2 aromatic rings. The summed E-state index contributed by atoms with van der Waals surface area (Å²) in [7, 11) is 0. The van der Waals surface area contributed by atoms with Crippen LogP contribution in [0.5, 0.6) is 0 Å². The van der Waals surface area contributed by atoms with Gasteiger partial charge in [0.15, 0.2) is 0 Å². The zero-order chi connectivity index (χ0) is 16.1. The molecule has 1 aromatic carbocycles. The maximum atomic E-state index is 12.2. The van der Waals surface area contributed by atoms with Gasteiger partial charge in [-0.25, -0.2) is 4.79 Å². The minimum Gasteiger partial charge on any atom is -0.379 e. The molecule has 1 unspecified atom stereocenters. The molecule has 2 heterocycles. The van der Waals surface area contributed by atoms with E-state index in [1.807, 2.05) is 35.8 Å².